The molecule has 0 N–H and O–H groups in total. The molecular formula is C103H106BrClFIO18S6. The molecule has 12 aromatic rings. The molecule has 131 heavy (non-hydrogen) atoms. The zero-order valence-electron chi connectivity index (χ0n) is 76.4. The highest BCUT2D eigenvalue weighted by Crippen LogP contribution is 2.36. The Morgan fingerprint density at radius 2 is 0.527 bits per heavy atom. The fraction of sp³-hybridized carbons (Fsp3) is 0.243. The van der Waals surface area contributed by atoms with Crippen LogP contribution in [0.4, 0.5) is 4.39 Å². The van der Waals surface area contributed by atoms with Gasteiger partial charge in [-0.1, -0.05) is 188 Å². The fourth-order valence-corrected chi connectivity index (χ4v) is 14.1. The molecule has 0 spiro atoms. The van der Waals surface area contributed by atoms with Crippen LogP contribution in [0.3, 0.4) is 0 Å². The van der Waals surface area contributed by atoms with Crippen molar-refractivity contribution in [1.82, 2.24) is 0 Å². The van der Waals surface area contributed by atoms with Crippen molar-refractivity contribution >= 4 is 155 Å². The number of benzene rings is 12. The van der Waals surface area contributed by atoms with Gasteiger partial charge in [-0.25, -0.2) is 4.39 Å². The molecule has 0 radical (unpaired) electrons. The van der Waals surface area contributed by atoms with Crippen molar-refractivity contribution in [2.24, 2.45) is 0 Å². The molecule has 690 valence electrons. The van der Waals surface area contributed by atoms with Crippen LogP contribution in [0.15, 0.2) is 229 Å². The standard InChI is InChI=1S/C18H20O3S.C17H17BrO3S.C17H17ClO3S.C17H17FO3S.C17H17IO3S.C17H18O3S/c1-12-8-9-16(14(3)10-12)20-11-15-13(2)6-5-7-17(15)21-18(22)19-4;4*1-11-7-8-15(12(2)9-11)20-10-13-14(18)5-4-6-16(13)21-17(22)19-3;1-12-8-9-15(13(2)10-12)19-11-14-6-4-5-7-16(14)20-17(21)18-3/h5-10H,11H2,1-4H3;4*4-9H,10H2,1-3H3;4-10H,11H2,1-3H3. The summed E-state index contributed by atoms with van der Waals surface area (Å²) in [5.74, 6) is 7.95. The summed E-state index contributed by atoms with van der Waals surface area (Å²) in [6, 6.07) is 71.0. The van der Waals surface area contributed by atoms with Crippen LogP contribution in [0, 0.1) is 99.4 Å². The van der Waals surface area contributed by atoms with E-state index < -0.39 is 5.82 Å². The Bertz CT molecular complexity index is 5210. The van der Waals surface area contributed by atoms with Crippen molar-refractivity contribution in [3.63, 3.8) is 0 Å². The first kappa shape index (κ1) is 107. The van der Waals surface area contributed by atoms with Crippen molar-refractivity contribution < 1.29 is 89.7 Å². The smallest absolute Gasteiger partial charge is 0.357 e. The maximum Gasteiger partial charge on any atom is 0.357 e. The van der Waals surface area contributed by atoms with E-state index in [0.29, 0.717) is 71.5 Å². The molecule has 12 aromatic carbocycles. The predicted octanol–water partition coefficient (Wildman–Crippen LogP) is 27.6. The molecule has 0 saturated carbocycles. The van der Waals surface area contributed by atoms with Crippen LogP contribution < -0.4 is 56.8 Å². The lowest BCUT2D eigenvalue weighted by Gasteiger charge is -2.15. The molecule has 0 saturated heterocycles. The molecule has 0 aliphatic heterocycles. The molecular weight excluding hydrogens is 1980 g/mol. The van der Waals surface area contributed by atoms with E-state index >= 15 is 0 Å². The van der Waals surface area contributed by atoms with Gasteiger partial charge in [-0.15, -0.1) is 0 Å². The van der Waals surface area contributed by atoms with Crippen LogP contribution in [0.2, 0.25) is 5.02 Å². The van der Waals surface area contributed by atoms with Crippen molar-refractivity contribution in [1.29, 1.82) is 0 Å². The molecule has 0 unspecified atom stereocenters. The van der Waals surface area contributed by atoms with Crippen LogP contribution >= 0.6 is 123 Å². The van der Waals surface area contributed by atoms with E-state index in [4.69, 9.17) is 170 Å². The van der Waals surface area contributed by atoms with E-state index in [-0.39, 0.29) is 50.4 Å². The Morgan fingerprint density at radius 1 is 0.267 bits per heavy atom. The van der Waals surface area contributed by atoms with E-state index in [9.17, 15) is 4.39 Å². The average Bonchev–Trinajstić information content (AvgIpc) is 0.849. The van der Waals surface area contributed by atoms with E-state index in [1.165, 1.54) is 76.5 Å². The summed E-state index contributed by atoms with van der Waals surface area (Å²) in [7, 11) is 8.79. The minimum Gasteiger partial charge on any atom is -0.488 e. The Labute approximate surface area is 827 Å². The number of ether oxygens (including phenoxy) is 18. The summed E-state index contributed by atoms with van der Waals surface area (Å²) in [6.07, 6.45) is 0. The Kier molecular flexibility index (Phi) is 45.2. The van der Waals surface area contributed by atoms with E-state index in [1.54, 1.807) is 30.3 Å². The summed E-state index contributed by atoms with van der Waals surface area (Å²) in [6.45, 7) is 28.3. The van der Waals surface area contributed by atoms with Gasteiger partial charge in [0.1, 0.15) is 114 Å². The maximum atomic E-state index is 14.0. The Balaban J connectivity index is 0.000000215. The van der Waals surface area contributed by atoms with Crippen molar-refractivity contribution in [2.75, 3.05) is 42.7 Å². The monoisotopic (exact) mass is 2080 g/mol. The largest absolute Gasteiger partial charge is 0.488 e. The number of halogens is 4. The van der Waals surface area contributed by atoms with Gasteiger partial charge in [0.05, 0.1) is 58.8 Å². The second kappa shape index (κ2) is 55.4. The molecule has 0 bridgehead atoms. The minimum atomic E-state index is -0.416. The van der Waals surface area contributed by atoms with Crippen molar-refractivity contribution in [3.8, 4) is 69.0 Å². The van der Waals surface area contributed by atoms with Gasteiger partial charge in [0.2, 0.25) is 0 Å². The normalized spacial score (nSPS) is 10.2. The maximum absolute atomic E-state index is 14.0. The number of methoxy groups -OCH3 is 6. The summed E-state index contributed by atoms with van der Waals surface area (Å²) >= 11 is 41.6. The van der Waals surface area contributed by atoms with Gasteiger partial charge in [-0.05, 0) is 249 Å². The van der Waals surface area contributed by atoms with E-state index in [2.05, 4.69) is 96.5 Å². The van der Waals surface area contributed by atoms with Crippen molar-refractivity contribution in [3.05, 3.63) is 349 Å². The van der Waals surface area contributed by atoms with Gasteiger partial charge in [0.15, 0.2) is 0 Å². The van der Waals surface area contributed by atoms with Gasteiger partial charge < -0.3 is 85.3 Å². The minimum absolute atomic E-state index is 0.0371. The number of rotatable bonds is 24. The molecule has 0 aromatic heterocycles. The SMILES string of the molecule is COC(=S)Oc1cccc(Br)c1COc1ccc(C)cc1C.COC(=S)Oc1cccc(C)c1COc1ccc(C)cc1C.COC(=S)Oc1cccc(Cl)c1COc1ccc(C)cc1C.COC(=S)Oc1cccc(F)c1COc1ccc(C)cc1C.COC(=S)Oc1cccc(I)c1COc1ccc(C)cc1C.COC(=S)Oc1ccccc1COc1ccc(C)cc1C. The van der Waals surface area contributed by atoms with Gasteiger partial charge in [-0.2, -0.15) is 0 Å². The predicted molar refractivity (Wildman–Crippen MR) is 552 cm³/mol. The highest BCUT2D eigenvalue weighted by Gasteiger charge is 2.20. The highest BCUT2D eigenvalue weighted by atomic mass is 127. The second-order valence-corrected chi connectivity index (χ2v) is 33.6. The summed E-state index contributed by atoms with van der Waals surface area (Å²) < 4.78 is 113. The number of hydrogen-bond acceptors (Lipinski definition) is 24. The van der Waals surface area contributed by atoms with Crippen LogP contribution in [0.25, 0.3) is 0 Å². The summed E-state index contributed by atoms with van der Waals surface area (Å²) in [4.78, 5) is 0. The molecule has 0 atom stereocenters. The third-order valence-electron chi connectivity index (χ3n) is 19.0. The summed E-state index contributed by atoms with van der Waals surface area (Å²) in [5.41, 5.74) is 19.5. The first-order valence-electron chi connectivity index (χ1n) is 40.7. The second-order valence-electron chi connectivity index (χ2n) is 29.2. The quantitative estimate of drug-likeness (QED) is 0.0414. The first-order valence-corrected chi connectivity index (χ1v) is 45.4. The fourth-order valence-electron chi connectivity index (χ4n) is 12.2. The first-order chi connectivity index (χ1) is 62.6. The molecule has 0 heterocycles. The van der Waals surface area contributed by atoms with Crippen LogP contribution in [-0.4, -0.2) is 74.1 Å². The number of thiocarbonyl (C=S) groups is 6. The molecule has 28 heteroatoms. The molecule has 18 nitrogen and oxygen atoms in total. The van der Waals surface area contributed by atoms with E-state index in [0.717, 1.165) is 109 Å². The molecule has 0 aliphatic carbocycles. The molecule has 0 aliphatic rings. The third-order valence-corrected chi connectivity index (χ3v) is 22.6. The van der Waals surface area contributed by atoms with Gasteiger partial charge in [-0.3, -0.25) is 0 Å². The van der Waals surface area contributed by atoms with Crippen LogP contribution in [0.1, 0.15) is 106 Å². The van der Waals surface area contributed by atoms with Gasteiger partial charge in [0.25, 0.3) is 0 Å². The molecule has 0 fully saturated rings. The zero-order valence-corrected chi connectivity index (χ0v) is 85.8. The Hall–Kier alpha value is -11.0. The molecule has 0 amide bonds. The lowest BCUT2D eigenvalue weighted by atomic mass is 10.1. The number of aryl methyl sites for hydroxylation is 13. The number of para-hydroxylation sites is 1. The topological polar surface area (TPSA) is 166 Å². The number of hydrogen-bond donors (Lipinski definition) is 0. The zero-order chi connectivity index (χ0) is 95.8. The van der Waals surface area contributed by atoms with Crippen LogP contribution in [0.5, 0.6) is 69.0 Å². The van der Waals surface area contributed by atoms with Gasteiger partial charge in [0, 0.05) is 104 Å². The molecule has 12 rings (SSSR count). The lowest BCUT2D eigenvalue weighted by molar-refractivity contribution is 0.282. The highest BCUT2D eigenvalue weighted by molar-refractivity contribution is 14.1. The summed E-state index contributed by atoms with van der Waals surface area (Å²) in [5, 5.41) is 0.877. The van der Waals surface area contributed by atoms with Crippen molar-refractivity contribution in [2.45, 2.75) is 130 Å². The van der Waals surface area contributed by atoms with Gasteiger partial charge >= 0.3 is 31.4 Å². The van der Waals surface area contributed by atoms with E-state index in [1.807, 2.05) is 220 Å². The lowest BCUT2D eigenvalue weighted by Crippen LogP contribution is -2.10. The third kappa shape index (κ3) is 35.6. The Morgan fingerprint density at radius 3 is 0.893 bits per heavy atom. The van der Waals surface area contributed by atoms with Crippen LogP contribution in [-0.2, 0) is 68.1 Å². The average molecular weight is 2090 g/mol.